The smallest absolute Gasteiger partial charge is 0.308 e. The van der Waals surface area contributed by atoms with Gasteiger partial charge in [0.25, 0.3) is 0 Å². The molecule has 0 heterocycles. The van der Waals surface area contributed by atoms with Crippen LogP contribution < -0.4 is 16.2 Å². The third-order valence-corrected chi connectivity index (χ3v) is 2.48. The number of anilines is 2. The highest BCUT2D eigenvalue weighted by Gasteiger charge is 2.06. The number of hydrogen-bond acceptors (Lipinski definition) is 4. The molecule has 2 aromatic rings. The van der Waals surface area contributed by atoms with Gasteiger partial charge in [0, 0.05) is 23.9 Å². The maximum absolute atomic E-state index is 10.9. The van der Waals surface area contributed by atoms with E-state index < -0.39 is 0 Å². The molecule has 18 heavy (non-hydrogen) atoms. The molecule has 0 spiro atoms. The zero-order valence-electron chi connectivity index (χ0n) is 10.0. The van der Waals surface area contributed by atoms with Crippen LogP contribution in [0.15, 0.2) is 42.5 Å². The Morgan fingerprint density at radius 1 is 1.11 bits per heavy atom. The molecule has 4 nitrogen and oxygen atoms in total. The van der Waals surface area contributed by atoms with Crippen LogP contribution in [-0.2, 0) is 4.79 Å². The first-order chi connectivity index (χ1) is 8.56. The van der Waals surface area contributed by atoms with E-state index in [1.165, 1.54) is 6.92 Å². The molecule has 0 aliphatic carbocycles. The van der Waals surface area contributed by atoms with E-state index in [-0.39, 0.29) is 5.97 Å². The Kier molecular flexibility index (Phi) is 3.19. The van der Waals surface area contributed by atoms with Crippen molar-refractivity contribution in [1.29, 1.82) is 0 Å². The first-order valence-electron chi connectivity index (χ1n) is 5.50. The summed E-state index contributed by atoms with van der Waals surface area (Å²) in [7, 11) is 0. The standard InChI is InChI=1S/C14H14N2O2/c1-9(17)18-12-5-6-14(16)13(8-12)10-3-2-4-11(15)7-10/h2-8H,15-16H2,1H3. The van der Waals surface area contributed by atoms with Crippen molar-refractivity contribution in [2.75, 3.05) is 11.5 Å². The molecule has 4 heteroatoms. The predicted octanol–water partition coefficient (Wildman–Crippen LogP) is 2.44. The quantitative estimate of drug-likeness (QED) is 0.481. The Labute approximate surface area is 105 Å². The summed E-state index contributed by atoms with van der Waals surface area (Å²) >= 11 is 0. The molecule has 0 unspecified atom stereocenters. The third-order valence-electron chi connectivity index (χ3n) is 2.48. The van der Waals surface area contributed by atoms with Crippen LogP contribution >= 0.6 is 0 Å². The van der Waals surface area contributed by atoms with Crippen molar-refractivity contribution in [1.82, 2.24) is 0 Å². The number of hydrogen-bond donors (Lipinski definition) is 2. The van der Waals surface area contributed by atoms with E-state index >= 15 is 0 Å². The summed E-state index contributed by atoms with van der Waals surface area (Å²) in [5, 5.41) is 0. The van der Waals surface area contributed by atoms with Crippen LogP contribution in [0.3, 0.4) is 0 Å². The van der Waals surface area contributed by atoms with Crippen LogP contribution in [0.4, 0.5) is 11.4 Å². The molecule has 0 saturated carbocycles. The van der Waals surface area contributed by atoms with Gasteiger partial charge in [0.05, 0.1) is 0 Å². The molecule has 0 aliphatic heterocycles. The number of carbonyl (C=O) groups excluding carboxylic acids is 1. The molecule has 4 N–H and O–H groups in total. The molecule has 0 aliphatic rings. The summed E-state index contributed by atoms with van der Waals surface area (Å²) in [6, 6.07) is 12.5. The largest absolute Gasteiger partial charge is 0.427 e. The fraction of sp³-hybridized carbons (Fsp3) is 0.0714. The molecule has 92 valence electrons. The minimum atomic E-state index is -0.363. The van der Waals surface area contributed by atoms with Gasteiger partial charge in [-0.05, 0) is 35.9 Å². The topological polar surface area (TPSA) is 78.3 Å². The summed E-state index contributed by atoms with van der Waals surface area (Å²) in [6.45, 7) is 1.36. The van der Waals surface area contributed by atoms with Crippen molar-refractivity contribution < 1.29 is 9.53 Å². The molecule has 0 radical (unpaired) electrons. The minimum Gasteiger partial charge on any atom is -0.427 e. The molecule has 0 atom stereocenters. The van der Waals surface area contributed by atoms with Gasteiger partial charge in [-0.3, -0.25) is 4.79 Å². The van der Waals surface area contributed by atoms with E-state index in [0.717, 1.165) is 11.1 Å². The average molecular weight is 242 g/mol. The lowest BCUT2D eigenvalue weighted by atomic mass is 10.0. The first kappa shape index (κ1) is 12.0. The van der Waals surface area contributed by atoms with Crippen molar-refractivity contribution in [3.63, 3.8) is 0 Å². The molecule has 0 aromatic heterocycles. The highest BCUT2D eigenvalue weighted by Crippen LogP contribution is 2.30. The van der Waals surface area contributed by atoms with Crippen LogP contribution in [0, 0.1) is 0 Å². The third kappa shape index (κ3) is 2.60. The van der Waals surface area contributed by atoms with E-state index in [4.69, 9.17) is 16.2 Å². The van der Waals surface area contributed by atoms with E-state index in [9.17, 15) is 4.79 Å². The van der Waals surface area contributed by atoms with Gasteiger partial charge in [0.2, 0.25) is 0 Å². The fourth-order valence-electron chi connectivity index (χ4n) is 1.72. The Morgan fingerprint density at radius 3 is 2.56 bits per heavy atom. The van der Waals surface area contributed by atoms with Gasteiger partial charge in [-0.2, -0.15) is 0 Å². The SMILES string of the molecule is CC(=O)Oc1ccc(N)c(-c2cccc(N)c2)c1. The number of ether oxygens (including phenoxy) is 1. The number of rotatable bonds is 2. The Morgan fingerprint density at radius 2 is 1.89 bits per heavy atom. The Bertz CT molecular complexity index is 594. The average Bonchev–Trinajstić information content (AvgIpc) is 2.31. The summed E-state index contributed by atoms with van der Waals surface area (Å²) in [5.41, 5.74) is 14.6. The van der Waals surface area contributed by atoms with Crippen molar-refractivity contribution in [2.24, 2.45) is 0 Å². The van der Waals surface area contributed by atoms with Gasteiger partial charge >= 0.3 is 5.97 Å². The molecule has 0 bridgehead atoms. The number of nitrogens with two attached hydrogens (primary N) is 2. The Hall–Kier alpha value is -2.49. The second-order valence-corrected chi connectivity index (χ2v) is 3.97. The van der Waals surface area contributed by atoms with Crippen molar-refractivity contribution >= 4 is 17.3 Å². The molecular formula is C14H14N2O2. The number of benzene rings is 2. The molecule has 0 amide bonds. The first-order valence-corrected chi connectivity index (χ1v) is 5.50. The summed E-state index contributed by atoms with van der Waals surface area (Å²) < 4.78 is 5.04. The highest BCUT2D eigenvalue weighted by molar-refractivity contribution is 5.80. The molecule has 0 fully saturated rings. The van der Waals surface area contributed by atoms with E-state index in [0.29, 0.717) is 17.1 Å². The van der Waals surface area contributed by atoms with Gasteiger partial charge in [0.15, 0.2) is 0 Å². The van der Waals surface area contributed by atoms with Crippen LogP contribution in [0.25, 0.3) is 11.1 Å². The number of nitrogen functional groups attached to an aromatic ring is 2. The van der Waals surface area contributed by atoms with Crippen LogP contribution in [0.5, 0.6) is 5.75 Å². The summed E-state index contributed by atoms with van der Waals surface area (Å²) in [6.07, 6.45) is 0. The van der Waals surface area contributed by atoms with Crippen LogP contribution in [0.1, 0.15) is 6.92 Å². The van der Waals surface area contributed by atoms with Crippen molar-refractivity contribution in [2.45, 2.75) is 6.92 Å². The van der Waals surface area contributed by atoms with Gasteiger partial charge in [-0.25, -0.2) is 0 Å². The zero-order valence-corrected chi connectivity index (χ0v) is 10.0. The van der Waals surface area contributed by atoms with Gasteiger partial charge in [0.1, 0.15) is 5.75 Å². The number of esters is 1. The number of carbonyl (C=O) groups is 1. The van der Waals surface area contributed by atoms with E-state index in [1.54, 1.807) is 24.3 Å². The molecule has 2 aromatic carbocycles. The second-order valence-electron chi connectivity index (χ2n) is 3.97. The van der Waals surface area contributed by atoms with Gasteiger partial charge < -0.3 is 16.2 Å². The summed E-state index contributed by atoms with van der Waals surface area (Å²) in [5.74, 6) is 0.104. The maximum Gasteiger partial charge on any atom is 0.308 e. The van der Waals surface area contributed by atoms with Crippen molar-refractivity contribution in [3.8, 4) is 16.9 Å². The van der Waals surface area contributed by atoms with Crippen molar-refractivity contribution in [3.05, 3.63) is 42.5 Å². The minimum absolute atomic E-state index is 0.363. The fourth-order valence-corrected chi connectivity index (χ4v) is 1.72. The van der Waals surface area contributed by atoms with Crippen LogP contribution in [-0.4, -0.2) is 5.97 Å². The monoisotopic (exact) mass is 242 g/mol. The van der Waals surface area contributed by atoms with Gasteiger partial charge in [-0.15, -0.1) is 0 Å². The normalized spacial score (nSPS) is 10.1. The predicted molar refractivity (Wildman–Crippen MR) is 72.0 cm³/mol. The lowest BCUT2D eigenvalue weighted by molar-refractivity contribution is -0.131. The van der Waals surface area contributed by atoms with E-state index in [2.05, 4.69) is 0 Å². The molecule has 2 rings (SSSR count). The lowest BCUT2D eigenvalue weighted by Crippen LogP contribution is -2.02. The highest BCUT2D eigenvalue weighted by atomic mass is 16.5. The van der Waals surface area contributed by atoms with Crippen LogP contribution in [0.2, 0.25) is 0 Å². The Balaban J connectivity index is 2.46. The maximum atomic E-state index is 10.9. The molecule has 0 saturated heterocycles. The summed E-state index contributed by atoms with van der Waals surface area (Å²) in [4.78, 5) is 10.9. The van der Waals surface area contributed by atoms with Gasteiger partial charge in [-0.1, -0.05) is 12.1 Å². The molecular weight excluding hydrogens is 228 g/mol. The zero-order chi connectivity index (χ0) is 13.1. The lowest BCUT2D eigenvalue weighted by Gasteiger charge is -2.09. The second kappa shape index (κ2) is 4.79. The van der Waals surface area contributed by atoms with E-state index in [1.807, 2.05) is 18.2 Å².